The second-order valence-electron chi connectivity index (χ2n) is 6.72. The van der Waals surface area contributed by atoms with Crippen molar-refractivity contribution < 1.29 is 9.53 Å². The minimum absolute atomic E-state index is 0.0254. The van der Waals surface area contributed by atoms with Crippen molar-refractivity contribution in [3.63, 3.8) is 0 Å². The molecule has 1 aromatic rings. The van der Waals surface area contributed by atoms with Crippen molar-refractivity contribution >= 4 is 29.0 Å². The molecule has 1 saturated heterocycles. The fourth-order valence-corrected chi connectivity index (χ4v) is 3.99. The first-order valence-electron chi connectivity index (χ1n) is 8.60. The lowest BCUT2D eigenvalue weighted by molar-refractivity contribution is -0.141. The molecule has 0 unspecified atom stereocenters. The molecule has 7 nitrogen and oxygen atoms in total. The van der Waals surface area contributed by atoms with Crippen molar-refractivity contribution in [2.24, 2.45) is 5.92 Å². The van der Waals surface area contributed by atoms with Gasteiger partial charge in [0.2, 0.25) is 0 Å². The summed E-state index contributed by atoms with van der Waals surface area (Å²) in [6, 6.07) is 3.79. The summed E-state index contributed by atoms with van der Waals surface area (Å²) in [5, 5.41) is 5.90. The quantitative estimate of drug-likeness (QED) is 0.603. The van der Waals surface area contributed by atoms with Crippen LogP contribution in [-0.2, 0) is 16.1 Å². The number of hydrogen-bond acceptors (Lipinski definition) is 5. The van der Waals surface area contributed by atoms with Crippen LogP contribution in [-0.4, -0.2) is 53.8 Å². The van der Waals surface area contributed by atoms with Gasteiger partial charge in [0, 0.05) is 31.2 Å². The molecule has 3 heterocycles. The third kappa shape index (κ3) is 4.01. The smallest absolute Gasteiger partial charge is 0.325 e. The molecule has 0 aromatic carbocycles. The zero-order valence-corrected chi connectivity index (χ0v) is 15.4. The Kier molecular flexibility index (Phi) is 5.39. The van der Waals surface area contributed by atoms with E-state index in [0.717, 1.165) is 31.7 Å². The monoisotopic (exact) mass is 364 g/mol. The van der Waals surface area contributed by atoms with Gasteiger partial charge in [0.15, 0.2) is 5.11 Å². The number of aromatic nitrogens is 1. The van der Waals surface area contributed by atoms with Crippen LogP contribution in [0, 0.1) is 5.92 Å². The lowest BCUT2D eigenvalue weighted by Crippen LogP contribution is -2.46. The standard InChI is InChI=1S/C17H24N4O3S/c1-3-24-15(22)7-18-17(25)19-13-4-5-14-12-6-11(8-20(2)10-12)9-21(14)16(13)23/h4-5,11-12H,3,6-10H2,1-2H3,(H2,18,19,25)/t11-,12+/m1/s1. The second-order valence-corrected chi connectivity index (χ2v) is 7.13. The van der Waals surface area contributed by atoms with Crippen molar-refractivity contribution in [2.45, 2.75) is 25.8 Å². The van der Waals surface area contributed by atoms with Gasteiger partial charge in [0.05, 0.1) is 6.61 Å². The van der Waals surface area contributed by atoms with Crippen molar-refractivity contribution in [3.05, 3.63) is 28.2 Å². The number of thiocarbonyl (C=S) groups is 1. The number of nitrogens with one attached hydrogen (secondary N) is 2. The summed E-state index contributed by atoms with van der Waals surface area (Å²) in [6.07, 6.45) is 1.15. The van der Waals surface area contributed by atoms with E-state index in [1.54, 1.807) is 13.0 Å². The molecule has 2 bridgehead atoms. The zero-order chi connectivity index (χ0) is 18.0. The maximum atomic E-state index is 12.8. The van der Waals surface area contributed by atoms with E-state index in [9.17, 15) is 9.59 Å². The first kappa shape index (κ1) is 17.9. The van der Waals surface area contributed by atoms with Crippen molar-refractivity contribution in [3.8, 4) is 0 Å². The van der Waals surface area contributed by atoms with Gasteiger partial charge in [-0.05, 0) is 50.7 Å². The number of likely N-dealkylation sites (tertiary alicyclic amines) is 1. The Morgan fingerprint density at radius 3 is 2.92 bits per heavy atom. The molecule has 2 aliphatic heterocycles. The third-order valence-electron chi connectivity index (χ3n) is 4.73. The second kappa shape index (κ2) is 7.53. The number of piperidine rings is 1. The van der Waals surface area contributed by atoms with E-state index in [-0.39, 0.29) is 23.2 Å². The third-order valence-corrected chi connectivity index (χ3v) is 4.98. The Labute approximate surface area is 152 Å². The van der Waals surface area contributed by atoms with Crippen molar-refractivity contribution in [2.75, 3.05) is 38.6 Å². The van der Waals surface area contributed by atoms with Gasteiger partial charge >= 0.3 is 5.97 Å². The number of rotatable bonds is 4. The molecule has 136 valence electrons. The van der Waals surface area contributed by atoms with Gasteiger partial charge in [0.1, 0.15) is 12.2 Å². The minimum atomic E-state index is -0.384. The van der Waals surface area contributed by atoms with Crippen LogP contribution in [0.3, 0.4) is 0 Å². The Bertz CT molecular complexity index is 733. The van der Waals surface area contributed by atoms with Crippen LogP contribution in [0.1, 0.15) is 25.0 Å². The SMILES string of the molecule is CCOC(=O)CNC(=S)Nc1ccc2n(c1=O)C[C@@H]1C[C@H]2CN(C)C1. The molecule has 0 spiro atoms. The molecule has 0 amide bonds. The molecule has 2 aliphatic rings. The van der Waals surface area contributed by atoms with Gasteiger partial charge < -0.3 is 24.8 Å². The minimum Gasteiger partial charge on any atom is -0.465 e. The maximum Gasteiger partial charge on any atom is 0.325 e. The van der Waals surface area contributed by atoms with Crippen LogP contribution in [0.25, 0.3) is 0 Å². The average Bonchev–Trinajstić information content (AvgIpc) is 2.56. The molecule has 25 heavy (non-hydrogen) atoms. The Balaban J connectivity index is 1.70. The maximum absolute atomic E-state index is 12.8. The summed E-state index contributed by atoms with van der Waals surface area (Å²) in [4.78, 5) is 26.5. The van der Waals surface area contributed by atoms with Gasteiger partial charge in [-0.1, -0.05) is 0 Å². The first-order chi connectivity index (χ1) is 12.0. The highest BCUT2D eigenvalue weighted by molar-refractivity contribution is 7.80. The molecular formula is C17H24N4O3S. The molecule has 1 aromatic heterocycles. The van der Waals surface area contributed by atoms with Crippen LogP contribution in [0.2, 0.25) is 0 Å². The molecule has 0 aliphatic carbocycles. The van der Waals surface area contributed by atoms with E-state index in [2.05, 4.69) is 22.6 Å². The van der Waals surface area contributed by atoms with E-state index < -0.39 is 0 Å². The molecule has 2 N–H and O–H groups in total. The van der Waals surface area contributed by atoms with Crippen molar-refractivity contribution in [1.29, 1.82) is 0 Å². The van der Waals surface area contributed by atoms with Crippen LogP contribution in [0.5, 0.6) is 0 Å². The van der Waals surface area contributed by atoms with Gasteiger partial charge in [-0.2, -0.15) is 0 Å². The van der Waals surface area contributed by atoms with E-state index in [4.69, 9.17) is 17.0 Å². The largest absolute Gasteiger partial charge is 0.465 e. The van der Waals surface area contributed by atoms with Crippen LogP contribution in [0.4, 0.5) is 5.69 Å². The summed E-state index contributed by atoms with van der Waals surface area (Å²) >= 11 is 5.16. The number of fused-ring (bicyclic) bond motifs is 4. The Hall–Kier alpha value is -1.93. The van der Waals surface area contributed by atoms with E-state index >= 15 is 0 Å². The van der Waals surface area contributed by atoms with Crippen molar-refractivity contribution in [1.82, 2.24) is 14.8 Å². The molecule has 8 heteroatoms. The number of pyridine rings is 1. The molecule has 2 atom stereocenters. The van der Waals surface area contributed by atoms with Crippen LogP contribution in [0.15, 0.2) is 16.9 Å². The van der Waals surface area contributed by atoms with Gasteiger partial charge in [-0.3, -0.25) is 9.59 Å². The van der Waals surface area contributed by atoms with E-state index in [1.807, 2.05) is 10.6 Å². The van der Waals surface area contributed by atoms with Gasteiger partial charge in [-0.15, -0.1) is 0 Å². The fourth-order valence-electron chi connectivity index (χ4n) is 3.81. The number of anilines is 1. The zero-order valence-electron chi connectivity index (χ0n) is 14.6. The highest BCUT2D eigenvalue weighted by Crippen LogP contribution is 2.34. The lowest BCUT2D eigenvalue weighted by Gasteiger charge is -2.41. The number of ether oxygens (including phenoxy) is 1. The van der Waals surface area contributed by atoms with Crippen LogP contribution < -0.4 is 16.2 Å². The molecule has 1 fully saturated rings. The highest BCUT2D eigenvalue weighted by Gasteiger charge is 2.33. The topological polar surface area (TPSA) is 75.6 Å². The molecule has 0 saturated carbocycles. The summed E-state index contributed by atoms with van der Waals surface area (Å²) in [5.41, 5.74) is 1.47. The number of likely N-dealkylation sites (N-methyl/N-ethyl adjacent to an activating group) is 1. The molecule has 0 radical (unpaired) electrons. The first-order valence-corrected chi connectivity index (χ1v) is 9.01. The Morgan fingerprint density at radius 1 is 1.36 bits per heavy atom. The van der Waals surface area contributed by atoms with E-state index in [0.29, 0.717) is 24.1 Å². The normalized spacial score (nSPS) is 22.0. The molecule has 3 rings (SSSR count). The van der Waals surface area contributed by atoms with E-state index in [1.165, 1.54) is 0 Å². The summed E-state index contributed by atoms with van der Waals surface area (Å²) in [7, 11) is 2.14. The van der Waals surface area contributed by atoms with Gasteiger partial charge in [-0.25, -0.2) is 0 Å². The predicted molar refractivity (Wildman–Crippen MR) is 99.9 cm³/mol. The summed E-state index contributed by atoms with van der Waals surface area (Å²) < 4.78 is 6.71. The summed E-state index contributed by atoms with van der Waals surface area (Å²) in [5.74, 6) is 0.539. The average molecular weight is 364 g/mol. The fraction of sp³-hybridized carbons (Fsp3) is 0.588. The van der Waals surface area contributed by atoms with Gasteiger partial charge in [0.25, 0.3) is 5.56 Å². The van der Waals surface area contributed by atoms with Crippen LogP contribution >= 0.6 is 12.2 Å². The summed E-state index contributed by atoms with van der Waals surface area (Å²) in [6.45, 7) is 4.80. The number of hydrogen-bond donors (Lipinski definition) is 2. The Morgan fingerprint density at radius 2 is 2.16 bits per heavy atom. The number of carbonyl (C=O) groups excluding carboxylic acids is 1. The molecular weight excluding hydrogens is 340 g/mol. The number of nitrogens with zero attached hydrogens (tertiary/aromatic N) is 2. The number of esters is 1. The highest BCUT2D eigenvalue weighted by atomic mass is 32.1. The number of carbonyl (C=O) groups is 1. The lowest BCUT2D eigenvalue weighted by atomic mass is 9.83. The predicted octanol–water partition coefficient (Wildman–Crippen LogP) is 0.747.